The summed E-state index contributed by atoms with van der Waals surface area (Å²) in [5.41, 5.74) is 2.30. The zero-order valence-electron chi connectivity index (χ0n) is 26.9. The predicted octanol–water partition coefficient (Wildman–Crippen LogP) is 6.46. The van der Waals surface area contributed by atoms with Gasteiger partial charge in [0.1, 0.15) is 20.6 Å². The van der Waals surface area contributed by atoms with Gasteiger partial charge in [-0.3, -0.25) is 5.10 Å². The molecule has 0 bridgehead atoms. The number of likely N-dealkylation sites (N-methyl/N-ethyl adjacent to an activating group) is 1. The van der Waals surface area contributed by atoms with Gasteiger partial charge >= 0.3 is 6.09 Å². The lowest BCUT2D eigenvalue weighted by molar-refractivity contribution is 0.0130. The maximum absolute atomic E-state index is 17.1. The van der Waals surface area contributed by atoms with Gasteiger partial charge in [-0.05, 0) is 95.9 Å². The van der Waals surface area contributed by atoms with Crippen LogP contribution in [0.3, 0.4) is 0 Å². The van der Waals surface area contributed by atoms with E-state index in [1.165, 1.54) is 0 Å². The van der Waals surface area contributed by atoms with Crippen LogP contribution >= 0.6 is 34.2 Å². The lowest BCUT2D eigenvalue weighted by atomic mass is 9.95. The average molecular weight is 749 g/mol. The highest BCUT2D eigenvalue weighted by Crippen LogP contribution is 2.44. The highest BCUT2D eigenvalue weighted by molar-refractivity contribution is 14.1. The quantitative estimate of drug-likeness (QED) is 0.238. The third kappa shape index (κ3) is 5.78. The van der Waals surface area contributed by atoms with E-state index in [2.05, 4.69) is 61.6 Å². The Labute approximate surface area is 281 Å². The number of nitrogens with one attached hydrogen (secondary N) is 1. The summed E-state index contributed by atoms with van der Waals surface area (Å²) in [4.78, 5) is 31.1. The van der Waals surface area contributed by atoms with E-state index in [1.54, 1.807) is 11.0 Å². The molecule has 2 atom stereocenters. The molecule has 0 spiro atoms. The molecule has 1 N–H and O–H groups in total. The topological polar surface area (TPSA) is 93.7 Å². The van der Waals surface area contributed by atoms with Crippen molar-refractivity contribution in [1.82, 2.24) is 30.0 Å². The summed E-state index contributed by atoms with van der Waals surface area (Å²) < 4.78 is 23.5. The van der Waals surface area contributed by atoms with Crippen molar-refractivity contribution in [1.29, 1.82) is 0 Å². The first-order valence-electron chi connectivity index (χ1n) is 15.2. The number of anilines is 2. The maximum atomic E-state index is 17.1. The minimum Gasteiger partial charge on any atom is -0.444 e. The van der Waals surface area contributed by atoms with E-state index in [0.717, 1.165) is 33.3 Å². The second-order valence-electron chi connectivity index (χ2n) is 13.5. The van der Waals surface area contributed by atoms with Crippen molar-refractivity contribution in [2.45, 2.75) is 65.3 Å². The molecule has 10 nitrogen and oxygen atoms in total. The van der Waals surface area contributed by atoms with Crippen molar-refractivity contribution in [2.24, 2.45) is 0 Å². The molecule has 2 fully saturated rings. The molecule has 2 aliphatic heterocycles. The van der Waals surface area contributed by atoms with Gasteiger partial charge in [-0.15, -0.1) is 0 Å². The van der Waals surface area contributed by atoms with Gasteiger partial charge in [0, 0.05) is 66.2 Å². The minimum atomic E-state index is -0.597. The summed E-state index contributed by atoms with van der Waals surface area (Å²) in [7, 11) is 4.10. The molecule has 45 heavy (non-hydrogen) atoms. The van der Waals surface area contributed by atoms with E-state index in [1.807, 2.05) is 53.7 Å². The van der Waals surface area contributed by atoms with Gasteiger partial charge in [0.25, 0.3) is 0 Å². The van der Waals surface area contributed by atoms with E-state index >= 15 is 4.39 Å². The molecule has 2 aromatic heterocycles. The average Bonchev–Trinajstić information content (AvgIpc) is 3.29. The third-order valence-electron chi connectivity index (χ3n) is 8.76. The number of aromatic nitrogens is 4. The van der Waals surface area contributed by atoms with Crippen LogP contribution in [-0.2, 0) is 4.74 Å². The fourth-order valence-electron chi connectivity index (χ4n) is 6.20. The van der Waals surface area contributed by atoms with Gasteiger partial charge in [0.15, 0.2) is 5.82 Å². The molecule has 0 unspecified atom stereocenters. The molecule has 240 valence electrons. The van der Waals surface area contributed by atoms with Crippen molar-refractivity contribution in [3.63, 3.8) is 0 Å². The number of nitrogens with zero attached hydrogens (tertiary/aromatic N) is 7. The molecule has 0 saturated carbocycles. The number of H-pyrrole nitrogens is 1. The number of fused-ring (bicyclic) bond motifs is 2. The molecule has 2 saturated heterocycles. The number of hydrogen-bond acceptors (Lipinski definition) is 8. The van der Waals surface area contributed by atoms with Crippen LogP contribution in [0, 0.1) is 16.4 Å². The van der Waals surface area contributed by atoms with E-state index in [4.69, 9.17) is 26.3 Å². The van der Waals surface area contributed by atoms with Crippen LogP contribution in [0.5, 0.6) is 0 Å². The number of aryl methyl sites for hydroxylation is 1. The van der Waals surface area contributed by atoms with Crippen molar-refractivity contribution < 1.29 is 13.9 Å². The van der Waals surface area contributed by atoms with Gasteiger partial charge in [-0.25, -0.2) is 14.2 Å². The van der Waals surface area contributed by atoms with Crippen molar-refractivity contribution in [2.75, 3.05) is 50.1 Å². The molecule has 2 aromatic carbocycles. The predicted molar refractivity (Wildman–Crippen MR) is 186 cm³/mol. The third-order valence-corrected chi connectivity index (χ3v) is 9.84. The smallest absolute Gasteiger partial charge is 0.410 e. The number of rotatable bonds is 4. The van der Waals surface area contributed by atoms with Gasteiger partial charge in [0.2, 0.25) is 5.95 Å². The molecule has 0 radical (unpaired) electrons. The number of halogens is 3. The first-order chi connectivity index (χ1) is 21.1. The number of hydrogen-bond donors (Lipinski definition) is 1. The first kappa shape index (κ1) is 32.0. The largest absolute Gasteiger partial charge is 0.444 e. The molecule has 13 heteroatoms. The van der Waals surface area contributed by atoms with E-state index < -0.39 is 11.4 Å². The number of ether oxygens (including phenoxy) is 1. The Hall–Kier alpha value is -2.97. The monoisotopic (exact) mass is 748 g/mol. The number of carbonyl (C=O) groups is 1. The van der Waals surface area contributed by atoms with Crippen LogP contribution in [0.25, 0.3) is 32.9 Å². The highest BCUT2D eigenvalue weighted by atomic mass is 127. The Balaban J connectivity index is 1.49. The van der Waals surface area contributed by atoms with Gasteiger partial charge in [-0.1, -0.05) is 17.7 Å². The standard InChI is InChI=1S/C32H39ClFIN8O2/c1-16-9-10-22-25(28(35)39-38-22)23(16)24-21(33)11-20-27(26(24)34)36-30(41-14-19(15-41)40(7)8)37-29(20)42-12-18(3)43(13-17(42)2)31(44)45-32(4,5)6/h9-11,17-19H,12-15H2,1-8H3,(H,38,39)/t17-,18+/m0/s1. The van der Waals surface area contributed by atoms with Crippen molar-refractivity contribution in [3.05, 3.63) is 38.3 Å². The normalized spacial score (nSPS) is 19.6. The summed E-state index contributed by atoms with van der Waals surface area (Å²) in [5, 5.41) is 9.03. The van der Waals surface area contributed by atoms with Crippen molar-refractivity contribution in [3.8, 4) is 11.1 Å². The van der Waals surface area contributed by atoms with Crippen LogP contribution in [0.4, 0.5) is 21.0 Å². The molecule has 0 aliphatic carbocycles. The molecule has 4 aromatic rings. The summed E-state index contributed by atoms with van der Waals surface area (Å²) >= 11 is 9.16. The number of aromatic amines is 1. The van der Waals surface area contributed by atoms with Crippen LogP contribution in [0.1, 0.15) is 40.2 Å². The minimum absolute atomic E-state index is 0.129. The molecule has 4 heterocycles. The molecule has 2 aliphatic rings. The SMILES string of the molecule is Cc1ccc2[nH]nc(I)c2c1-c1c(Cl)cc2c(N3C[C@@H](C)N(C(=O)OC(C)(C)C)C[C@@H]3C)nc(N3CC(N(C)C)C3)nc2c1F. The van der Waals surface area contributed by atoms with E-state index in [0.29, 0.717) is 47.4 Å². The Morgan fingerprint density at radius 3 is 2.49 bits per heavy atom. The van der Waals surface area contributed by atoms with Crippen LogP contribution in [-0.4, -0.2) is 100 Å². The second kappa shape index (κ2) is 11.7. The Morgan fingerprint density at radius 2 is 1.82 bits per heavy atom. The van der Waals surface area contributed by atoms with E-state index in [-0.39, 0.29) is 28.7 Å². The zero-order chi connectivity index (χ0) is 32.5. The lowest BCUT2D eigenvalue weighted by Gasteiger charge is -2.46. The lowest BCUT2D eigenvalue weighted by Crippen LogP contribution is -2.59. The summed E-state index contributed by atoms with van der Waals surface area (Å²) in [5.74, 6) is 0.587. The number of benzene rings is 2. The van der Waals surface area contributed by atoms with Crippen LogP contribution in [0.2, 0.25) is 5.02 Å². The summed E-state index contributed by atoms with van der Waals surface area (Å²) in [6, 6.07) is 5.73. The Bertz CT molecular complexity index is 1800. The molecule has 1 amide bonds. The Morgan fingerprint density at radius 1 is 1.11 bits per heavy atom. The fraction of sp³-hybridized carbons (Fsp3) is 0.500. The number of piperazine rings is 1. The maximum Gasteiger partial charge on any atom is 0.410 e. The van der Waals surface area contributed by atoms with Crippen LogP contribution < -0.4 is 9.80 Å². The number of amides is 1. The number of carbonyl (C=O) groups excluding carboxylic acids is 1. The first-order valence-corrected chi connectivity index (χ1v) is 16.6. The second-order valence-corrected chi connectivity index (χ2v) is 14.9. The van der Waals surface area contributed by atoms with Gasteiger partial charge in [-0.2, -0.15) is 10.1 Å². The molecule has 6 rings (SSSR count). The summed E-state index contributed by atoms with van der Waals surface area (Å²) in [6.07, 6.45) is -0.345. The summed E-state index contributed by atoms with van der Waals surface area (Å²) in [6.45, 7) is 14.0. The molecular formula is C32H39ClFIN8O2. The highest BCUT2D eigenvalue weighted by Gasteiger charge is 2.38. The zero-order valence-corrected chi connectivity index (χ0v) is 29.8. The van der Waals surface area contributed by atoms with Gasteiger partial charge in [0.05, 0.1) is 10.5 Å². The van der Waals surface area contributed by atoms with Crippen LogP contribution in [0.15, 0.2) is 18.2 Å². The van der Waals surface area contributed by atoms with E-state index in [9.17, 15) is 4.79 Å². The Kier molecular flexibility index (Phi) is 8.30. The van der Waals surface area contributed by atoms with Crippen molar-refractivity contribution >= 4 is 73.9 Å². The molecular weight excluding hydrogens is 710 g/mol. The van der Waals surface area contributed by atoms with Gasteiger partial charge < -0.3 is 24.3 Å². The fourth-order valence-corrected chi connectivity index (χ4v) is 7.17.